The zero-order valence-corrected chi connectivity index (χ0v) is 20.1. The number of ether oxygens (including phenoxy) is 5. The Morgan fingerprint density at radius 2 is 1.76 bits per heavy atom. The van der Waals surface area contributed by atoms with Gasteiger partial charge in [-0.05, 0) is 6.08 Å². The zero-order chi connectivity index (χ0) is 25.4. The molecular formula is C21H26N2O10S. The summed E-state index contributed by atoms with van der Waals surface area (Å²) in [5.74, 6) is -4.37. The number of methoxy groups -OCH3 is 1. The SMILES string of the molecule is COC(=O)C1=C[C@@H](c2nccs2)[C@@H](NC(C)=O)[C@H]([C@H](OC(C)=O)[C@@H](COC(C)=O)OC(C)=O)O1. The van der Waals surface area contributed by atoms with Crippen LogP contribution in [0.2, 0.25) is 0 Å². The van der Waals surface area contributed by atoms with E-state index in [4.69, 9.17) is 23.7 Å². The maximum Gasteiger partial charge on any atom is 0.373 e. The average Bonchev–Trinajstić information content (AvgIpc) is 3.28. The maximum atomic E-state index is 12.4. The molecule has 1 aliphatic rings. The topological polar surface area (TPSA) is 156 Å². The molecule has 186 valence electrons. The van der Waals surface area contributed by atoms with Crippen molar-refractivity contribution in [2.45, 2.75) is 58.0 Å². The monoisotopic (exact) mass is 498 g/mol. The fraction of sp³-hybridized carbons (Fsp3) is 0.524. The lowest BCUT2D eigenvalue weighted by atomic mass is 9.87. The second-order valence-corrected chi connectivity index (χ2v) is 8.18. The number of rotatable bonds is 9. The Bertz CT molecular complexity index is 945. The molecule has 0 radical (unpaired) electrons. The first kappa shape index (κ1) is 26.8. The van der Waals surface area contributed by atoms with E-state index in [1.165, 1.54) is 24.3 Å². The standard InChI is InChI=1S/C21H26N2O10S/c1-10(24)23-17-14(20-22-6-7-34-20)8-15(21(28)29-5)33-19(17)18(32-13(4)27)16(31-12(3)26)9-30-11(2)25/h6-8,14,16-19H,9H2,1-5H3,(H,23,24)/t14-,16-,17-,18-,19-/m1/s1. The van der Waals surface area contributed by atoms with Gasteiger partial charge in [0, 0.05) is 39.3 Å². The van der Waals surface area contributed by atoms with E-state index in [2.05, 4.69) is 10.3 Å². The quantitative estimate of drug-likeness (QED) is 0.376. The smallest absolute Gasteiger partial charge is 0.373 e. The zero-order valence-electron chi connectivity index (χ0n) is 19.3. The predicted molar refractivity (Wildman–Crippen MR) is 115 cm³/mol. The fourth-order valence-electron chi connectivity index (χ4n) is 3.40. The van der Waals surface area contributed by atoms with Crippen LogP contribution in [0, 0.1) is 0 Å². The van der Waals surface area contributed by atoms with Crippen LogP contribution in [0.4, 0.5) is 0 Å². The van der Waals surface area contributed by atoms with Crippen molar-refractivity contribution in [1.82, 2.24) is 10.3 Å². The van der Waals surface area contributed by atoms with Crippen LogP contribution < -0.4 is 5.32 Å². The van der Waals surface area contributed by atoms with Crippen molar-refractivity contribution in [2.24, 2.45) is 0 Å². The molecule has 1 aliphatic heterocycles. The van der Waals surface area contributed by atoms with E-state index < -0.39 is 66.7 Å². The van der Waals surface area contributed by atoms with Crippen molar-refractivity contribution in [3.05, 3.63) is 28.4 Å². The summed E-state index contributed by atoms with van der Waals surface area (Å²) in [5.41, 5.74) is 0. The van der Waals surface area contributed by atoms with E-state index in [0.717, 1.165) is 27.9 Å². The second-order valence-electron chi connectivity index (χ2n) is 7.25. The number of amides is 1. The number of hydrogen-bond donors (Lipinski definition) is 1. The van der Waals surface area contributed by atoms with Crippen molar-refractivity contribution in [2.75, 3.05) is 13.7 Å². The summed E-state index contributed by atoms with van der Waals surface area (Å²) < 4.78 is 26.4. The molecule has 0 saturated heterocycles. The molecule has 0 spiro atoms. The Morgan fingerprint density at radius 1 is 1.09 bits per heavy atom. The largest absolute Gasteiger partial charge is 0.477 e. The second kappa shape index (κ2) is 12.1. The van der Waals surface area contributed by atoms with Gasteiger partial charge in [0.15, 0.2) is 18.3 Å². The molecule has 0 unspecified atom stereocenters. The lowest BCUT2D eigenvalue weighted by Gasteiger charge is -2.41. The first-order valence-corrected chi connectivity index (χ1v) is 11.0. The number of esters is 4. The third-order valence-corrected chi connectivity index (χ3v) is 5.47. The minimum absolute atomic E-state index is 0.222. The predicted octanol–water partition coefficient (Wildman–Crippen LogP) is 0.614. The lowest BCUT2D eigenvalue weighted by molar-refractivity contribution is -0.188. The minimum atomic E-state index is -1.39. The number of carbonyl (C=O) groups is 5. The molecule has 2 heterocycles. The van der Waals surface area contributed by atoms with E-state index >= 15 is 0 Å². The molecule has 1 amide bonds. The molecule has 0 aromatic carbocycles. The normalized spacial score (nSPS) is 21.1. The molecule has 0 fully saturated rings. The first-order chi connectivity index (χ1) is 16.0. The molecule has 5 atom stereocenters. The van der Waals surface area contributed by atoms with Crippen LogP contribution in [0.5, 0.6) is 0 Å². The van der Waals surface area contributed by atoms with Gasteiger partial charge in [0.2, 0.25) is 11.7 Å². The van der Waals surface area contributed by atoms with Gasteiger partial charge < -0.3 is 29.0 Å². The molecule has 0 bridgehead atoms. The molecule has 1 aromatic heterocycles. The van der Waals surface area contributed by atoms with Crippen molar-refractivity contribution in [3.8, 4) is 0 Å². The molecule has 0 saturated carbocycles. The Labute approximate surface area is 199 Å². The fourth-order valence-corrected chi connectivity index (χ4v) is 4.16. The van der Waals surface area contributed by atoms with Crippen molar-refractivity contribution in [1.29, 1.82) is 0 Å². The summed E-state index contributed by atoms with van der Waals surface area (Å²) >= 11 is 1.27. The van der Waals surface area contributed by atoms with Gasteiger partial charge in [0.25, 0.3) is 0 Å². The van der Waals surface area contributed by atoms with Gasteiger partial charge in [-0.2, -0.15) is 0 Å². The van der Waals surface area contributed by atoms with Crippen molar-refractivity contribution < 1.29 is 47.7 Å². The van der Waals surface area contributed by atoms with Crippen LogP contribution in [-0.2, 0) is 47.7 Å². The lowest BCUT2D eigenvalue weighted by Crippen LogP contribution is -2.59. The number of nitrogens with zero attached hydrogens (tertiary/aromatic N) is 1. The highest BCUT2D eigenvalue weighted by molar-refractivity contribution is 7.09. The van der Waals surface area contributed by atoms with Gasteiger partial charge >= 0.3 is 23.9 Å². The Kier molecular flexibility index (Phi) is 9.54. The Balaban J connectivity index is 2.62. The summed E-state index contributed by atoms with van der Waals surface area (Å²) in [7, 11) is 1.16. The average molecular weight is 499 g/mol. The van der Waals surface area contributed by atoms with E-state index in [1.54, 1.807) is 11.6 Å². The molecule has 2 rings (SSSR count). The van der Waals surface area contributed by atoms with Gasteiger partial charge in [-0.1, -0.05) is 0 Å². The summed E-state index contributed by atoms with van der Waals surface area (Å²) in [5, 5.41) is 4.98. The van der Waals surface area contributed by atoms with E-state index in [-0.39, 0.29) is 5.76 Å². The third-order valence-electron chi connectivity index (χ3n) is 4.59. The number of thiazole rings is 1. The van der Waals surface area contributed by atoms with Gasteiger partial charge in [0.1, 0.15) is 11.6 Å². The molecular weight excluding hydrogens is 472 g/mol. The van der Waals surface area contributed by atoms with Crippen molar-refractivity contribution in [3.63, 3.8) is 0 Å². The van der Waals surface area contributed by atoms with Crippen molar-refractivity contribution >= 4 is 41.1 Å². The van der Waals surface area contributed by atoms with Gasteiger partial charge in [-0.25, -0.2) is 9.78 Å². The molecule has 12 nitrogen and oxygen atoms in total. The summed E-state index contributed by atoms with van der Waals surface area (Å²) in [4.78, 5) is 64.0. The van der Waals surface area contributed by atoms with E-state index in [0.29, 0.717) is 5.01 Å². The number of nitrogens with one attached hydrogen (secondary N) is 1. The molecule has 0 aliphatic carbocycles. The summed E-state index contributed by atoms with van der Waals surface area (Å²) in [6.07, 6.45) is -0.985. The Hall–Kier alpha value is -3.48. The molecule has 1 N–H and O–H groups in total. The Morgan fingerprint density at radius 3 is 2.26 bits per heavy atom. The highest BCUT2D eigenvalue weighted by atomic mass is 32.1. The number of hydrogen-bond acceptors (Lipinski definition) is 12. The van der Waals surface area contributed by atoms with Gasteiger partial charge in [-0.3, -0.25) is 19.2 Å². The van der Waals surface area contributed by atoms with Crippen LogP contribution >= 0.6 is 11.3 Å². The van der Waals surface area contributed by atoms with Crippen LogP contribution in [0.1, 0.15) is 38.6 Å². The highest BCUT2D eigenvalue weighted by Crippen LogP contribution is 2.36. The molecule has 1 aromatic rings. The number of aromatic nitrogens is 1. The van der Waals surface area contributed by atoms with Crippen LogP contribution in [-0.4, -0.2) is 72.8 Å². The summed E-state index contributed by atoms with van der Waals surface area (Å²) in [6.45, 7) is 4.20. The maximum absolute atomic E-state index is 12.4. The number of carbonyl (C=O) groups excluding carboxylic acids is 5. The molecule has 34 heavy (non-hydrogen) atoms. The van der Waals surface area contributed by atoms with Gasteiger partial charge in [-0.15, -0.1) is 11.3 Å². The summed E-state index contributed by atoms with van der Waals surface area (Å²) in [6, 6.07) is -0.920. The first-order valence-electron chi connectivity index (χ1n) is 10.1. The van der Waals surface area contributed by atoms with Crippen LogP contribution in [0.15, 0.2) is 23.4 Å². The van der Waals surface area contributed by atoms with Crippen LogP contribution in [0.25, 0.3) is 0 Å². The minimum Gasteiger partial charge on any atom is -0.477 e. The molecule has 13 heteroatoms. The third kappa shape index (κ3) is 7.27. The highest BCUT2D eigenvalue weighted by Gasteiger charge is 2.48. The van der Waals surface area contributed by atoms with E-state index in [9.17, 15) is 24.0 Å². The van der Waals surface area contributed by atoms with E-state index in [1.807, 2.05) is 0 Å². The van der Waals surface area contributed by atoms with Crippen LogP contribution in [0.3, 0.4) is 0 Å². The van der Waals surface area contributed by atoms with Gasteiger partial charge in [0.05, 0.1) is 19.1 Å².